The molecule has 140 valence electrons. The Bertz CT molecular complexity index is 605. The van der Waals surface area contributed by atoms with Crippen molar-refractivity contribution in [2.75, 3.05) is 25.5 Å². The molecular formula is C19H31IN4O. The lowest BCUT2D eigenvalue weighted by molar-refractivity contribution is 0.0992. The predicted octanol–water partition coefficient (Wildman–Crippen LogP) is 3.05. The van der Waals surface area contributed by atoms with Crippen molar-refractivity contribution in [3.8, 4) is 0 Å². The number of hydrogen-bond acceptors (Lipinski definition) is 3. The number of nitrogens with zero attached hydrogens (tertiary/aromatic N) is 2. The second-order valence-corrected chi connectivity index (χ2v) is 7.06. The third kappa shape index (κ3) is 5.00. The monoisotopic (exact) mass is 458 g/mol. The summed E-state index contributed by atoms with van der Waals surface area (Å²) in [7, 11) is 4.13. The number of hydrogen-bond donors (Lipinski definition) is 2. The Hall–Kier alpha value is -1.02. The van der Waals surface area contributed by atoms with E-state index >= 15 is 0 Å². The maximum absolute atomic E-state index is 5.93. The highest BCUT2D eigenvalue weighted by Crippen LogP contribution is 2.34. The van der Waals surface area contributed by atoms with Crippen molar-refractivity contribution in [2.24, 2.45) is 4.99 Å². The van der Waals surface area contributed by atoms with Crippen LogP contribution < -0.4 is 15.5 Å². The molecular weight excluding hydrogens is 427 g/mol. The van der Waals surface area contributed by atoms with Crippen molar-refractivity contribution in [2.45, 2.75) is 57.9 Å². The van der Waals surface area contributed by atoms with Crippen molar-refractivity contribution in [3.63, 3.8) is 0 Å². The molecule has 0 saturated carbocycles. The lowest BCUT2D eigenvalue weighted by Gasteiger charge is -2.22. The summed E-state index contributed by atoms with van der Waals surface area (Å²) in [5, 5.41) is 6.94. The fourth-order valence-electron chi connectivity index (χ4n) is 3.59. The summed E-state index contributed by atoms with van der Waals surface area (Å²) in [6.45, 7) is 5.82. The molecule has 1 aromatic rings. The van der Waals surface area contributed by atoms with Crippen LogP contribution in [0.3, 0.4) is 0 Å². The third-order valence-corrected chi connectivity index (χ3v) is 5.02. The van der Waals surface area contributed by atoms with Gasteiger partial charge < -0.3 is 20.3 Å². The first-order valence-corrected chi connectivity index (χ1v) is 9.04. The molecule has 0 aliphatic carbocycles. The molecule has 0 radical (unpaired) electrons. The van der Waals surface area contributed by atoms with Crippen LogP contribution in [-0.4, -0.2) is 44.8 Å². The number of guanidine groups is 1. The lowest BCUT2D eigenvalue weighted by atomic mass is 9.96. The minimum Gasteiger partial charge on any atom is -0.378 e. The predicted molar refractivity (Wildman–Crippen MR) is 115 cm³/mol. The molecule has 6 heteroatoms. The van der Waals surface area contributed by atoms with Crippen molar-refractivity contribution in [3.05, 3.63) is 29.3 Å². The Morgan fingerprint density at radius 1 is 1.32 bits per heavy atom. The number of aryl methyl sites for hydroxylation is 1. The van der Waals surface area contributed by atoms with Gasteiger partial charge in [-0.15, -0.1) is 24.0 Å². The van der Waals surface area contributed by atoms with Gasteiger partial charge in [0.15, 0.2) is 5.96 Å². The van der Waals surface area contributed by atoms with Crippen molar-refractivity contribution in [1.29, 1.82) is 0 Å². The molecule has 2 bridgehead atoms. The summed E-state index contributed by atoms with van der Waals surface area (Å²) >= 11 is 0. The van der Waals surface area contributed by atoms with Crippen LogP contribution >= 0.6 is 24.0 Å². The molecule has 0 amide bonds. The molecule has 2 saturated heterocycles. The van der Waals surface area contributed by atoms with E-state index in [0.29, 0.717) is 24.8 Å². The second kappa shape index (κ2) is 9.07. The van der Waals surface area contributed by atoms with E-state index < -0.39 is 0 Å². The first-order chi connectivity index (χ1) is 11.6. The quantitative estimate of drug-likeness (QED) is 0.405. The van der Waals surface area contributed by atoms with Gasteiger partial charge in [0.25, 0.3) is 0 Å². The number of fused-ring (bicyclic) bond motifs is 2. The molecule has 0 spiro atoms. The Kier molecular flexibility index (Phi) is 7.37. The normalized spacial score (nSPS) is 24.8. The first kappa shape index (κ1) is 20.3. The average molecular weight is 458 g/mol. The van der Waals surface area contributed by atoms with E-state index in [1.807, 2.05) is 0 Å². The van der Waals surface area contributed by atoms with E-state index in [1.54, 1.807) is 0 Å². The van der Waals surface area contributed by atoms with E-state index in [2.05, 4.69) is 61.7 Å². The number of nitrogens with one attached hydrogen (secondary N) is 2. The second-order valence-electron chi connectivity index (χ2n) is 7.06. The Morgan fingerprint density at radius 3 is 2.68 bits per heavy atom. The number of benzene rings is 1. The van der Waals surface area contributed by atoms with Crippen LogP contribution in [0.15, 0.2) is 23.2 Å². The molecule has 3 rings (SSSR count). The van der Waals surface area contributed by atoms with Crippen molar-refractivity contribution >= 4 is 35.6 Å². The number of anilines is 1. The molecule has 25 heavy (non-hydrogen) atoms. The van der Waals surface area contributed by atoms with E-state index in [4.69, 9.17) is 9.73 Å². The first-order valence-electron chi connectivity index (χ1n) is 9.04. The Morgan fingerprint density at radius 2 is 2.12 bits per heavy atom. The van der Waals surface area contributed by atoms with Gasteiger partial charge in [-0.2, -0.15) is 0 Å². The maximum atomic E-state index is 5.93. The summed E-state index contributed by atoms with van der Waals surface area (Å²) in [4.78, 5) is 6.92. The molecule has 3 unspecified atom stereocenters. The molecule has 2 aliphatic rings. The van der Waals surface area contributed by atoms with E-state index in [-0.39, 0.29) is 24.0 Å². The highest BCUT2D eigenvalue weighted by Gasteiger charge is 2.41. The number of aliphatic imine (C=N–C) groups is 1. The standard InChI is InChI=1S/C19H30N4O.HI/c1-5-20-19(22-17-11-16-8-9-18(17)24-16)21-12-14-6-7-15(23(3)4)10-13(14)2;/h6-7,10,16-18H,5,8-9,11-12H2,1-4H3,(H2,20,21,22);1H. The van der Waals surface area contributed by atoms with Gasteiger partial charge in [-0.25, -0.2) is 4.99 Å². The van der Waals surface area contributed by atoms with Gasteiger partial charge in [0.05, 0.1) is 24.8 Å². The van der Waals surface area contributed by atoms with Gasteiger partial charge in [-0.3, -0.25) is 0 Å². The van der Waals surface area contributed by atoms with Crippen LogP contribution in [0.5, 0.6) is 0 Å². The van der Waals surface area contributed by atoms with Gasteiger partial charge in [0.1, 0.15) is 0 Å². The number of halogens is 1. The Labute approximate surface area is 168 Å². The third-order valence-electron chi connectivity index (χ3n) is 5.02. The van der Waals surface area contributed by atoms with Gasteiger partial charge in [0, 0.05) is 26.3 Å². The minimum absolute atomic E-state index is 0. The van der Waals surface area contributed by atoms with E-state index in [0.717, 1.165) is 18.9 Å². The van der Waals surface area contributed by atoms with Gasteiger partial charge >= 0.3 is 0 Å². The van der Waals surface area contributed by atoms with Gasteiger partial charge in [-0.05, 0) is 56.4 Å². The zero-order valence-electron chi connectivity index (χ0n) is 15.7. The zero-order valence-corrected chi connectivity index (χ0v) is 18.0. The Balaban J connectivity index is 0.00000225. The van der Waals surface area contributed by atoms with Gasteiger partial charge in [0.2, 0.25) is 0 Å². The maximum Gasteiger partial charge on any atom is 0.191 e. The van der Waals surface area contributed by atoms with Crippen molar-refractivity contribution in [1.82, 2.24) is 10.6 Å². The summed E-state index contributed by atoms with van der Waals surface area (Å²) in [6, 6.07) is 6.95. The highest BCUT2D eigenvalue weighted by molar-refractivity contribution is 14.0. The highest BCUT2D eigenvalue weighted by atomic mass is 127. The molecule has 2 heterocycles. The van der Waals surface area contributed by atoms with Crippen LogP contribution in [0.2, 0.25) is 0 Å². The van der Waals surface area contributed by atoms with E-state index in [9.17, 15) is 0 Å². The fourth-order valence-corrected chi connectivity index (χ4v) is 3.59. The number of ether oxygens (including phenoxy) is 1. The summed E-state index contributed by atoms with van der Waals surface area (Å²) < 4.78 is 5.93. The molecule has 1 aromatic carbocycles. The van der Waals surface area contributed by atoms with E-state index in [1.165, 1.54) is 29.7 Å². The molecule has 3 atom stereocenters. The molecule has 2 N–H and O–H groups in total. The zero-order chi connectivity index (χ0) is 17.1. The lowest BCUT2D eigenvalue weighted by Crippen LogP contribution is -2.47. The summed E-state index contributed by atoms with van der Waals surface area (Å²) in [5.41, 5.74) is 3.77. The summed E-state index contributed by atoms with van der Waals surface area (Å²) in [5.74, 6) is 0.898. The van der Waals surface area contributed by atoms with Crippen LogP contribution in [0.25, 0.3) is 0 Å². The SMILES string of the molecule is CCNC(=NCc1ccc(N(C)C)cc1C)NC1CC2CCC1O2.I. The largest absolute Gasteiger partial charge is 0.378 e. The summed E-state index contributed by atoms with van der Waals surface area (Å²) in [6.07, 6.45) is 4.31. The van der Waals surface area contributed by atoms with Crippen LogP contribution in [0.1, 0.15) is 37.3 Å². The molecule has 2 aliphatic heterocycles. The topological polar surface area (TPSA) is 48.9 Å². The molecule has 5 nitrogen and oxygen atoms in total. The fraction of sp³-hybridized carbons (Fsp3) is 0.632. The van der Waals surface area contributed by atoms with Crippen molar-refractivity contribution < 1.29 is 4.74 Å². The smallest absolute Gasteiger partial charge is 0.191 e. The van der Waals surface area contributed by atoms with Crippen LogP contribution in [0.4, 0.5) is 5.69 Å². The van der Waals surface area contributed by atoms with Crippen LogP contribution in [-0.2, 0) is 11.3 Å². The average Bonchev–Trinajstić information content (AvgIpc) is 3.16. The van der Waals surface area contributed by atoms with Crippen LogP contribution in [0, 0.1) is 6.92 Å². The van der Waals surface area contributed by atoms with Gasteiger partial charge in [-0.1, -0.05) is 6.07 Å². The minimum atomic E-state index is 0. The molecule has 0 aromatic heterocycles. The molecule has 2 fully saturated rings. The number of rotatable bonds is 5.